The standard InChI is InChI=1S/C21H25N5O3/c1-28-18-4-2-16(3-5-18)14-25-10-7-20-24-23-19(26(20)12-11-25)6-9-22-21(27)17-8-13-29-15-17/h2-5,8,13,15H,6-7,9-12,14H2,1H3,(H,22,27). The van der Waals surface area contributed by atoms with Crippen molar-refractivity contribution in [1.29, 1.82) is 0 Å². The molecule has 0 spiro atoms. The number of methoxy groups -OCH3 is 1. The molecule has 0 aliphatic carbocycles. The van der Waals surface area contributed by atoms with Crippen molar-refractivity contribution in [2.24, 2.45) is 0 Å². The van der Waals surface area contributed by atoms with E-state index in [2.05, 4.69) is 37.1 Å². The number of nitrogens with zero attached hydrogens (tertiary/aromatic N) is 4. The number of benzene rings is 1. The highest BCUT2D eigenvalue weighted by atomic mass is 16.5. The maximum atomic E-state index is 12.0. The van der Waals surface area contributed by atoms with E-state index in [1.54, 1.807) is 13.2 Å². The van der Waals surface area contributed by atoms with Gasteiger partial charge in [0.2, 0.25) is 0 Å². The van der Waals surface area contributed by atoms with Crippen molar-refractivity contribution in [2.45, 2.75) is 25.9 Å². The lowest BCUT2D eigenvalue weighted by Gasteiger charge is -2.19. The van der Waals surface area contributed by atoms with Crippen LogP contribution in [0.4, 0.5) is 0 Å². The minimum absolute atomic E-state index is 0.139. The summed E-state index contributed by atoms with van der Waals surface area (Å²) in [6.45, 7) is 4.15. The second-order valence-corrected chi connectivity index (χ2v) is 7.08. The normalized spacial score (nSPS) is 14.2. The van der Waals surface area contributed by atoms with Gasteiger partial charge in [0.25, 0.3) is 5.91 Å². The number of nitrogens with one attached hydrogen (secondary N) is 1. The van der Waals surface area contributed by atoms with Crippen LogP contribution in [-0.2, 0) is 25.9 Å². The maximum Gasteiger partial charge on any atom is 0.254 e. The highest BCUT2D eigenvalue weighted by Crippen LogP contribution is 2.15. The molecule has 1 amide bonds. The molecule has 1 aliphatic heterocycles. The van der Waals surface area contributed by atoms with E-state index < -0.39 is 0 Å². The fourth-order valence-electron chi connectivity index (χ4n) is 3.54. The van der Waals surface area contributed by atoms with Gasteiger partial charge in [-0.25, -0.2) is 0 Å². The van der Waals surface area contributed by atoms with Crippen LogP contribution in [0.1, 0.15) is 27.6 Å². The summed E-state index contributed by atoms with van der Waals surface area (Å²) in [5.41, 5.74) is 1.80. The minimum Gasteiger partial charge on any atom is -0.497 e. The van der Waals surface area contributed by atoms with Crippen LogP contribution in [0.2, 0.25) is 0 Å². The number of hydrogen-bond donors (Lipinski definition) is 1. The van der Waals surface area contributed by atoms with Crippen molar-refractivity contribution >= 4 is 5.91 Å². The zero-order chi connectivity index (χ0) is 20.1. The van der Waals surface area contributed by atoms with Gasteiger partial charge in [0.05, 0.1) is 18.9 Å². The molecule has 0 bridgehead atoms. The Balaban J connectivity index is 1.31. The quantitative estimate of drug-likeness (QED) is 0.658. The van der Waals surface area contributed by atoms with Crippen molar-refractivity contribution in [3.8, 4) is 5.75 Å². The molecule has 0 fully saturated rings. The van der Waals surface area contributed by atoms with Crippen LogP contribution >= 0.6 is 0 Å². The van der Waals surface area contributed by atoms with E-state index in [1.807, 2.05) is 12.1 Å². The fraction of sp³-hybridized carbons (Fsp3) is 0.381. The number of aromatic nitrogens is 3. The van der Waals surface area contributed by atoms with E-state index in [0.29, 0.717) is 18.5 Å². The first-order valence-corrected chi connectivity index (χ1v) is 9.79. The van der Waals surface area contributed by atoms with Gasteiger partial charge in [-0.3, -0.25) is 9.69 Å². The summed E-state index contributed by atoms with van der Waals surface area (Å²) >= 11 is 0. The van der Waals surface area contributed by atoms with Gasteiger partial charge in [-0.2, -0.15) is 0 Å². The molecule has 3 aromatic rings. The fourth-order valence-corrected chi connectivity index (χ4v) is 3.54. The molecular formula is C21H25N5O3. The molecule has 1 aliphatic rings. The van der Waals surface area contributed by atoms with Crippen molar-refractivity contribution in [3.63, 3.8) is 0 Å². The largest absolute Gasteiger partial charge is 0.497 e. The van der Waals surface area contributed by atoms with E-state index in [-0.39, 0.29) is 5.91 Å². The van der Waals surface area contributed by atoms with Gasteiger partial charge in [-0.15, -0.1) is 10.2 Å². The first-order chi connectivity index (χ1) is 14.2. The Kier molecular flexibility index (Phi) is 5.90. The SMILES string of the molecule is COc1ccc(CN2CCc3nnc(CCNC(=O)c4ccoc4)n3CC2)cc1. The van der Waals surface area contributed by atoms with E-state index >= 15 is 0 Å². The summed E-state index contributed by atoms with van der Waals surface area (Å²) in [5.74, 6) is 2.66. The molecule has 29 heavy (non-hydrogen) atoms. The van der Waals surface area contributed by atoms with Crippen LogP contribution in [0, 0.1) is 0 Å². The first kappa shape index (κ1) is 19.2. The second kappa shape index (κ2) is 8.91. The molecule has 3 heterocycles. The van der Waals surface area contributed by atoms with Gasteiger partial charge < -0.3 is 19.0 Å². The summed E-state index contributed by atoms with van der Waals surface area (Å²) in [5, 5.41) is 11.6. The summed E-state index contributed by atoms with van der Waals surface area (Å²) < 4.78 is 12.4. The molecule has 0 atom stereocenters. The zero-order valence-electron chi connectivity index (χ0n) is 16.5. The van der Waals surface area contributed by atoms with Crippen LogP contribution < -0.4 is 10.1 Å². The van der Waals surface area contributed by atoms with Crippen LogP contribution in [0.15, 0.2) is 47.3 Å². The van der Waals surface area contributed by atoms with E-state index in [0.717, 1.165) is 50.0 Å². The predicted molar refractivity (Wildman–Crippen MR) is 107 cm³/mol. The molecular weight excluding hydrogens is 370 g/mol. The Morgan fingerprint density at radius 2 is 2.03 bits per heavy atom. The lowest BCUT2D eigenvalue weighted by Crippen LogP contribution is -2.28. The number of fused-ring (bicyclic) bond motifs is 1. The van der Waals surface area contributed by atoms with Gasteiger partial charge in [0.15, 0.2) is 0 Å². The highest BCUT2D eigenvalue weighted by Gasteiger charge is 2.19. The van der Waals surface area contributed by atoms with Crippen molar-refractivity contribution in [1.82, 2.24) is 25.0 Å². The number of carbonyl (C=O) groups is 1. The van der Waals surface area contributed by atoms with E-state index in [9.17, 15) is 4.79 Å². The molecule has 0 saturated heterocycles. The molecule has 4 rings (SSSR count). The van der Waals surface area contributed by atoms with Gasteiger partial charge in [0.1, 0.15) is 23.7 Å². The number of ether oxygens (including phenoxy) is 1. The Labute approximate surface area is 169 Å². The van der Waals surface area contributed by atoms with Gasteiger partial charge in [-0.1, -0.05) is 12.1 Å². The maximum absolute atomic E-state index is 12.0. The Bertz CT molecular complexity index is 934. The highest BCUT2D eigenvalue weighted by molar-refractivity contribution is 5.93. The molecule has 1 N–H and O–H groups in total. The third-order valence-electron chi connectivity index (χ3n) is 5.18. The first-order valence-electron chi connectivity index (χ1n) is 9.79. The van der Waals surface area contributed by atoms with Crippen LogP contribution in [-0.4, -0.2) is 52.3 Å². The summed E-state index contributed by atoms with van der Waals surface area (Å²) in [6.07, 6.45) is 4.44. The van der Waals surface area contributed by atoms with E-state index in [1.165, 1.54) is 18.1 Å². The van der Waals surface area contributed by atoms with Crippen LogP contribution in [0.3, 0.4) is 0 Å². The molecule has 0 radical (unpaired) electrons. The van der Waals surface area contributed by atoms with Crippen molar-refractivity contribution in [3.05, 3.63) is 65.6 Å². The lowest BCUT2D eigenvalue weighted by molar-refractivity contribution is 0.0953. The zero-order valence-corrected chi connectivity index (χ0v) is 16.5. The van der Waals surface area contributed by atoms with Crippen molar-refractivity contribution < 1.29 is 13.9 Å². The number of furan rings is 1. The molecule has 0 unspecified atom stereocenters. The average molecular weight is 395 g/mol. The average Bonchev–Trinajstić information content (AvgIpc) is 3.37. The molecule has 2 aromatic heterocycles. The lowest BCUT2D eigenvalue weighted by atomic mass is 10.2. The molecule has 152 valence electrons. The number of carbonyl (C=O) groups excluding carboxylic acids is 1. The van der Waals surface area contributed by atoms with Crippen molar-refractivity contribution in [2.75, 3.05) is 26.7 Å². The van der Waals surface area contributed by atoms with Crippen LogP contribution in [0.5, 0.6) is 5.75 Å². The Hall–Kier alpha value is -3.13. The predicted octanol–water partition coefficient (Wildman–Crippen LogP) is 1.91. The Morgan fingerprint density at radius 1 is 1.17 bits per heavy atom. The summed E-state index contributed by atoms with van der Waals surface area (Å²) in [6, 6.07) is 9.86. The van der Waals surface area contributed by atoms with Gasteiger partial charge in [0, 0.05) is 45.6 Å². The molecule has 1 aromatic carbocycles. The van der Waals surface area contributed by atoms with E-state index in [4.69, 9.17) is 9.15 Å². The molecule has 8 nitrogen and oxygen atoms in total. The molecule has 0 saturated carbocycles. The summed E-state index contributed by atoms with van der Waals surface area (Å²) in [7, 11) is 1.68. The minimum atomic E-state index is -0.139. The Morgan fingerprint density at radius 3 is 2.79 bits per heavy atom. The smallest absolute Gasteiger partial charge is 0.254 e. The van der Waals surface area contributed by atoms with Gasteiger partial charge in [-0.05, 0) is 23.8 Å². The van der Waals surface area contributed by atoms with Gasteiger partial charge >= 0.3 is 0 Å². The topological polar surface area (TPSA) is 85.4 Å². The second-order valence-electron chi connectivity index (χ2n) is 7.08. The van der Waals surface area contributed by atoms with Crippen LogP contribution in [0.25, 0.3) is 0 Å². The number of hydrogen-bond acceptors (Lipinski definition) is 6. The molecule has 8 heteroatoms. The number of amides is 1. The third kappa shape index (κ3) is 4.65. The number of rotatable bonds is 7. The third-order valence-corrected chi connectivity index (χ3v) is 5.18. The monoisotopic (exact) mass is 395 g/mol. The summed E-state index contributed by atoms with van der Waals surface area (Å²) in [4.78, 5) is 14.4.